The summed E-state index contributed by atoms with van der Waals surface area (Å²) >= 11 is 7.34. The van der Waals surface area contributed by atoms with Gasteiger partial charge in [-0.15, -0.1) is 0 Å². The van der Waals surface area contributed by atoms with Crippen molar-refractivity contribution in [1.82, 2.24) is 9.55 Å². The molecule has 6 nitrogen and oxygen atoms in total. The lowest BCUT2D eigenvalue weighted by Crippen LogP contribution is -2.26. The Balaban J connectivity index is 1.69. The molecule has 0 aliphatic rings. The maximum atomic E-state index is 13.3. The fourth-order valence-electron chi connectivity index (χ4n) is 3.12. The van der Waals surface area contributed by atoms with Crippen molar-refractivity contribution in [2.75, 3.05) is 5.32 Å². The first-order valence-electron chi connectivity index (χ1n) is 9.71. The molecule has 1 amide bonds. The van der Waals surface area contributed by atoms with Gasteiger partial charge in [0.1, 0.15) is 0 Å². The van der Waals surface area contributed by atoms with E-state index in [-0.39, 0.29) is 11.5 Å². The van der Waals surface area contributed by atoms with Gasteiger partial charge in [-0.1, -0.05) is 41.6 Å². The van der Waals surface area contributed by atoms with Crippen molar-refractivity contribution < 1.29 is 4.79 Å². The predicted molar refractivity (Wildman–Crippen MR) is 127 cm³/mol. The SMILES string of the molecule is C[C@@H](Sc1nc2ccccc2c(=O)n1-c1cccc(Cl)c1)C(=O)Nc1ccc(C#N)cc1. The maximum Gasteiger partial charge on any atom is 0.266 e. The lowest BCUT2D eigenvalue weighted by Gasteiger charge is -2.16. The van der Waals surface area contributed by atoms with E-state index in [1.54, 1.807) is 73.7 Å². The van der Waals surface area contributed by atoms with E-state index >= 15 is 0 Å². The molecule has 1 aromatic heterocycles. The number of para-hydroxylation sites is 1. The molecule has 1 N–H and O–H groups in total. The third-order valence-corrected chi connectivity index (χ3v) is 6.03. The van der Waals surface area contributed by atoms with E-state index in [1.807, 2.05) is 12.1 Å². The third-order valence-electron chi connectivity index (χ3n) is 4.74. The molecule has 32 heavy (non-hydrogen) atoms. The molecule has 0 spiro atoms. The molecule has 1 atom stereocenters. The number of nitriles is 1. The van der Waals surface area contributed by atoms with Crippen LogP contribution in [0, 0.1) is 11.3 Å². The van der Waals surface area contributed by atoms with Gasteiger partial charge in [-0.2, -0.15) is 5.26 Å². The average Bonchev–Trinajstić information content (AvgIpc) is 2.79. The second-order valence-corrected chi connectivity index (χ2v) is 8.71. The van der Waals surface area contributed by atoms with Gasteiger partial charge in [0.15, 0.2) is 5.16 Å². The summed E-state index contributed by atoms with van der Waals surface area (Å²) in [6.07, 6.45) is 0. The van der Waals surface area contributed by atoms with Gasteiger partial charge in [0, 0.05) is 10.7 Å². The van der Waals surface area contributed by atoms with Gasteiger partial charge in [-0.25, -0.2) is 4.98 Å². The van der Waals surface area contributed by atoms with E-state index in [9.17, 15) is 9.59 Å². The molecular formula is C24H17ClN4O2S. The summed E-state index contributed by atoms with van der Waals surface area (Å²) in [5.74, 6) is -0.250. The van der Waals surface area contributed by atoms with Crippen LogP contribution >= 0.6 is 23.4 Å². The normalized spacial score (nSPS) is 11.7. The van der Waals surface area contributed by atoms with Gasteiger partial charge in [0.2, 0.25) is 5.91 Å². The summed E-state index contributed by atoms with van der Waals surface area (Å²) in [6.45, 7) is 1.74. The first kappa shape index (κ1) is 21.6. The third kappa shape index (κ3) is 4.52. The number of halogens is 1. The number of hydrogen-bond donors (Lipinski definition) is 1. The predicted octanol–water partition coefficient (Wildman–Crippen LogP) is 5.03. The number of thioether (sulfide) groups is 1. The van der Waals surface area contributed by atoms with Crippen LogP contribution in [0.5, 0.6) is 0 Å². The minimum Gasteiger partial charge on any atom is -0.325 e. The second-order valence-electron chi connectivity index (χ2n) is 6.97. The molecule has 4 aromatic rings. The van der Waals surface area contributed by atoms with E-state index in [1.165, 1.54) is 16.3 Å². The first-order chi connectivity index (χ1) is 15.5. The van der Waals surface area contributed by atoms with Crippen LogP contribution in [0.25, 0.3) is 16.6 Å². The molecular weight excluding hydrogens is 444 g/mol. The Morgan fingerprint density at radius 1 is 1.12 bits per heavy atom. The smallest absolute Gasteiger partial charge is 0.266 e. The molecule has 0 bridgehead atoms. The maximum absolute atomic E-state index is 13.3. The quantitative estimate of drug-likeness (QED) is 0.333. The number of rotatable bonds is 5. The van der Waals surface area contributed by atoms with E-state index in [2.05, 4.69) is 10.3 Å². The summed E-state index contributed by atoms with van der Waals surface area (Å²) in [7, 11) is 0. The van der Waals surface area contributed by atoms with Crippen LogP contribution in [0.15, 0.2) is 82.7 Å². The molecule has 0 fully saturated rings. The van der Waals surface area contributed by atoms with Crippen molar-refractivity contribution in [3.05, 3.63) is 93.7 Å². The van der Waals surface area contributed by atoms with Gasteiger partial charge in [0.25, 0.3) is 5.56 Å². The Bertz CT molecular complexity index is 1410. The van der Waals surface area contributed by atoms with Crippen LogP contribution in [0.1, 0.15) is 12.5 Å². The second kappa shape index (κ2) is 9.27. The molecule has 0 saturated carbocycles. The number of anilines is 1. The zero-order chi connectivity index (χ0) is 22.7. The molecule has 1 heterocycles. The van der Waals surface area contributed by atoms with Crippen molar-refractivity contribution in [3.8, 4) is 11.8 Å². The van der Waals surface area contributed by atoms with Crippen LogP contribution in [-0.4, -0.2) is 20.7 Å². The minimum absolute atomic E-state index is 0.236. The van der Waals surface area contributed by atoms with Crippen molar-refractivity contribution in [2.24, 2.45) is 0 Å². The van der Waals surface area contributed by atoms with Crippen LogP contribution < -0.4 is 10.9 Å². The van der Waals surface area contributed by atoms with E-state index in [0.29, 0.717) is 38.0 Å². The monoisotopic (exact) mass is 460 g/mol. The molecule has 0 aliphatic heterocycles. The number of benzene rings is 3. The van der Waals surface area contributed by atoms with Gasteiger partial charge in [-0.3, -0.25) is 14.2 Å². The Kier molecular flexibility index (Phi) is 6.26. The minimum atomic E-state index is -0.552. The number of aromatic nitrogens is 2. The molecule has 0 unspecified atom stereocenters. The number of nitrogens with one attached hydrogen (secondary N) is 1. The molecule has 158 valence electrons. The highest BCUT2D eigenvalue weighted by Crippen LogP contribution is 2.27. The van der Waals surface area contributed by atoms with Crippen LogP contribution in [0.2, 0.25) is 5.02 Å². The Morgan fingerprint density at radius 3 is 2.59 bits per heavy atom. The molecule has 0 aliphatic carbocycles. The number of nitrogens with zero attached hydrogens (tertiary/aromatic N) is 3. The average molecular weight is 461 g/mol. The number of carbonyl (C=O) groups excluding carboxylic acids is 1. The van der Waals surface area contributed by atoms with E-state index < -0.39 is 5.25 Å². The standard InChI is InChI=1S/C24H17ClN4O2S/c1-15(22(30)27-18-11-9-16(14-26)10-12-18)32-24-28-21-8-3-2-7-20(21)23(31)29(24)19-6-4-5-17(25)13-19/h2-13,15H,1H3,(H,27,30)/t15-/m1/s1. The lowest BCUT2D eigenvalue weighted by atomic mass is 10.2. The molecule has 4 rings (SSSR count). The first-order valence-corrected chi connectivity index (χ1v) is 11.0. The summed E-state index contributed by atoms with van der Waals surface area (Å²) in [5, 5.41) is 12.5. The zero-order valence-electron chi connectivity index (χ0n) is 16.9. The zero-order valence-corrected chi connectivity index (χ0v) is 18.5. The molecule has 0 saturated heterocycles. The van der Waals surface area contributed by atoms with Gasteiger partial charge in [0.05, 0.1) is 33.5 Å². The van der Waals surface area contributed by atoms with E-state index in [4.69, 9.17) is 16.9 Å². The Hall–Kier alpha value is -3.60. The Labute approximate surface area is 193 Å². The lowest BCUT2D eigenvalue weighted by molar-refractivity contribution is -0.115. The summed E-state index contributed by atoms with van der Waals surface area (Å²) < 4.78 is 1.48. The highest BCUT2D eigenvalue weighted by atomic mass is 35.5. The van der Waals surface area contributed by atoms with Crippen molar-refractivity contribution >= 4 is 45.9 Å². The topological polar surface area (TPSA) is 87.8 Å². The fourth-order valence-corrected chi connectivity index (χ4v) is 4.23. The number of carbonyl (C=O) groups is 1. The Morgan fingerprint density at radius 2 is 1.88 bits per heavy atom. The van der Waals surface area contributed by atoms with Gasteiger partial charge < -0.3 is 5.32 Å². The van der Waals surface area contributed by atoms with Crippen LogP contribution in [-0.2, 0) is 4.79 Å². The molecule has 8 heteroatoms. The number of amides is 1. The fraction of sp³-hybridized carbons (Fsp3) is 0.0833. The summed E-state index contributed by atoms with van der Waals surface area (Å²) in [6, 6.07) is 22.7. The summed E-state index contributed by atoms with van der Waals surface area (Å²) in [5.41, 5.74) is 1.98. The van der Waals surface area contributed by atoms with Gasteiger partial charge in [-0.05, 0) is 61.5 Å². The highest BCUT2D eigenvalue weighted by Gasteiger charge is 2.20. The van der Waals surface area contributed by atoms with Crippen LogP contribution in [0.3, 0.4) is 0 Å². The van der Waals surface area contributed by atoms with Crippen LogP contribution in [0.4, 0.5) is 5.69 Å². The van der Waals surface area contributed by atoms with Crippen molar-refractivity contribution in [3.63, 3.8) is 0 Å². The van der Waals surface area contributed by atoms with Crippen molar-refractivity contribution in [2.45, 2.75) is 17.3 Å². The summed E-state index contributed by atoms with van der Waals surface area (Å²) in [4.78, 5) is 30.8. The van der Waals surface area contributed by atoms with E-state index in [0.717, 1.165) is 0 Å². The number of fused-ring (bicyclic) bond motifs is 1. The van der Waals surface area contributed by atoms with Crippen molar-refractivity contribution in [1.29, 1.82) is 5.26 Å². The molecule has 3 aromatic carbocycles. The number of hydrogen-bond acceptors (Lipinski definition) is 5. The largest absolute Gasteiger partial charge is 0.325 e. The van der Waals surface area contributed by atoms with Gasteiger partial charge >= 0.3 is 0 Å². The molecule has 0 radical (unpaired) electrons. The highest BCUT2D eigenvalue weighted by molar-refractivity contribution is 8.00.